The lowest BCUT2D eigenvalue weighted by Crippen LogP contribution is -2.22. The summed E-state index contributed by atoms with van der Waals surface area (Å²) in [7, 11) is 1.95. The Kier molecular flexibility index (Phi) is 5.96. The molecule has 0 amide bonds. The van der Waals surface area contributed by atoms with Gasteiger partial charge in [-0.3, -0.25) is 0 Å². The molecule has 0 aromatic carbocycles. The largest absolute Gasteiger partial charge is 0.489 e. The van der Waals surface area contributed by atoms with Crippen LogP contribution in [0.4, 0.5) is 10.2 Å². The van der Waals surface area contributed by atoms with Crippen molar-refractivity contribution in [1.82, 2.24) is 29.4 Å². The average molecular weight is 525 g/mol. The number of pyridine rings is 3. The van der Waals surface area contributed by atoms with E-state index in [0.717, 1.165) is 41.5 Å². The number of rotatable bonds is 8. The molecule has 1 atom stereocenters. The number of aromatic nitrogens is 6. The molecule has 0 aliphatic heterocycles. The van der Waals surface area contributed by atoms with Crippen molar-refractivity contribution in [3.05, 3.63) is 84.5 Å². The highest BCUT2D eigenvalue weighted by molar-refractivity contribution is 5.85. The molecule has 0 bridgehead atoms. The first kappa shape index (κ1) is 24.5. The van der Waals surface area contributed by atoms with Gasteiger partial charge in [0.25, 0.3) is 0 Å². The number of anilines is 1. The van der Waals surface area contributed by atoms with E-state index in [2.05, 4.69) is 21.3 Å². The Morgan fingerprint density at radius 3 is 2.62 bits per heavy atom. The van der Waals surface area contributed by atoms with Gasteiger partial charge in [-0.15, -0.1) is 0 Å². The van der Waals surface area contributed by atoms with Crippen LogP contribution >= 0.6 is 0 Å². The van der Waals surface area contributed by atoms with Crippen LogP contribution in [0.5, 0.6) is 5.75 Å². The SMILES string of the molecule is CC(c1ccc(-n2cc(F)cn2)nc1)N(C)c1ccc(-c2cc(OCC3(O)CC3)cn3ncc(C#N)c23)cn1. The molecule has 5 aromatic heterocycles. The number of hydrogen-bond donors (Lipinski definition) is 1. The van der Waals surface area contributed by atoms with Gasteiger partial charge in [0.2, 0.25) is 0 Å². The molecule has 1 aliphatic carbocycles. The van der Waals surface area contributed by atoms with Crippen LogP contribution in [0, 0.1) is 17.1 Å². The van der Waals surface area contributed by atoms with E-state index in [9.17, 15) is 14.8 Å². The molecule has 10 nitrogen and oxygen atoms in total. The minimum atomic E-state index is -0.755. The molecule has 39 heavy (non-hydrogen) atoms. The Hall–Kier alpha value is -4.82. The fraction of sp³-hybridized carbons (Fsp3) is 0.250. The van der Waals surface area contributed by atoms with Gasteiger partial charge in [-0.05, 0) is 49.6 Å². The molecule has 196 valence electrons. The second kappa shape index (κ2) is 9.49. The lowest BCUT2D eigenvalue weighted by atomic mass is 10.0. The highest BCUT2D eigenvalue weighted by Gasteiger charge is 2.41. The van der Waals surface area contributed by atoms with E-state index in [1.54, 1.807) is 29.2 Å². The number of aliphatic hydroxyl groups is 1. The smallest absolute Gasteiger partial charge is 0.161 e. The minimum absolute atomic E-state index is 0.0454. The van der Waals surface area contributed by atoms with E-state index in [4.69, 9.17) is 9.72 Å². The Bertz CT molecular complexity index is 1680. The molecule has 1 fully saturated rings. The van der Waals surface area contributed by atoms with Crippen LogP contribution in [0.1, 0.15) is 36.9 Å². The molecule has 5 heterocycles. The average Bonchev–Trinajstić information content (AvgIpc) is 3.32. The molecular weight excluding hydrogens is 499 g/mol. The van der Waals surface area contributed by atoms with Crippen LogP contribution in [-0.2, 0) is 0 Å². The minimum Gasteiger partial charge on any atom is -0.489 e. The summed E-state index contributed by atoms with van der Waals surface area (Å²) in [6.07, 6.45) is 10.6. The van der Waals surface area contributed by atoms with E-state index in [0.29, 0.717) is 22.6 Å². The molecule has 11 heteroatoms. The molecule has 0 radical (unpaired) electrons. The lowest BCUT2D eigenvalue weighted by molar-refractivity contribution is 0.0854. The van der Waals surface area contributed by atoms with E-state index in [-0.39, 0.29) is 12.6 Å². The second-order valence-electron chi connectivity index (χ2n) is 9.81. The van der Waals surface area contributed by atoms with Gasteiger partial charge in [0.15, 0.2) is 11.6 Å². The predicted molar refractivity (Wildman–Crippen MR) is 141 cm³/mol. The van der Waals surface area contributed by atoms with Crippen molar-refractivity contribution in [3.8, 4) is 28.8 Å². The molecule has 1 unspecified atom stereocenters. The molecule has 0 spiro atoms. The zero-order valence-electron chi connectivity index (χ0n) is 21.4. The topological polar surface area (TPSA) is 117 Å². The van der Waals surface area contributed by atoms with Gasteiger partial charge in [-0.1, -0.05) is 6.07 Å². The van der Waals surface area contributed by atoms with Crippen molar-refractivity contribution in [2.75, 3.05) is 18.6 Å². The normalized spacial score (nSPS) is 14.6. The third-order valence-electron chi connectivity index (χ3n) is 7.08. The van der Waals surface area contributed by atoms with Gasteiger partial charge in [0.1, 0.15) is 24.2 Å². The first-order valence-electron chi connectivity index (χ1n) is 12.5. The predicted octanol–water partition coefficient (Wildman–Crippen LogP) is 4.09. The van der Waals surface area contributed by atoms with Crippen LogP contribution in [0.15, 0.2) is 67.5 Å². The molecule has 1 aliphatic rings. The number of nitriles is 1. The fourth-order valence-electron chi connectivity index (χ4n) is 4.37. The zero-order valence-corrected chi connectivity index (χ0v) is 21.4. The number of fused-ring (bicyclic) bond motifs is 1. The van der Waals surface area contributed by atoms with Crippen molar-refractivity contribution in [1.29, 1.82) is 5.26 Å². The summed E-state index contributed by atoms with van der Waals surface area (Å²) < 4.78 is 22.2. The second-order valence-corrected chi connectivity index (χ2v) is 9.81. The quantitative estimate of drug-likeness (QED) is 0.323. The standard InChI is InChI=1S/C28H25FN8O2/c1-18(19-3-6-26(32-11-19)36-15-22(29)14-34-36)35(2)25-5-4-20(12-31-25)24-9-23(39-17-28(38)7-8-28)16-37-27(24)21(10-30)13-33-37/h3-6,9,11-16,18,38H,7-8,17H2,1-2H3. The van der Waals surface area contributed by atoms with Crippen LogP contribution in [0.3, 0.4) is 0 Å². The number of halogens is 1. The van der Waals surface area contributed by atoms with Gasteiger partial charge in [0.05, 0.1) is 47.5 Å². The monoisotopic (exact) mass is 524 g/mol. The first-order valence-corrected chi connectivity index (χ1v) is 12.5. The summed E-state index contributed by atoms with van der Waals surface area (Å²) in [5.74, 6) is 1.41. The van der Waals surface area contributed by atoms with Crippen molar-refractivity contribution < 1.29 is 14.2 Å². The fourth-order valence-corrected chi connectivity index (χ4v) is 4.37. The summed E-state index contributed by atoms with van der Waals surface area (Å²) in [4.78, 5) is 11.1. The van der Waals surface area contributed by atoms with E-state index in [1.165, 1.54) is 17.1 Å². The number of nitrogens with zero attached hydrogens (tertiary/aromatic N) is 8. The summed E-state index contributed by atoms with van der Waals surface area (Å²) in [5, 5.41) is 28.1. The van der Waals surface area contributed by atoms with Crippen LogP contribution in [0.2, 0.25) is 0 Å². The van der Waals surface area contributed by atoms with Gasteiger partial charge >= 0.3 is 0 Å². The first-order chi connectivity index (χ1) is 18.8. The highest BCUT2D eigenvalue weighted by Crippen LogP contribution is 2.37. The maximum Gasteiger partial charge on any atom is 0.161 e. The summed E-state index contributed by atoms with van der Waals surface area (Å²) in [6.45, 7) is 2.25. The Balaban J connectivity index is 1.25. The lowest BCUT2D eigenvalue weighted by Gasteiger charge is -2.26. The van der Waals surface area contributed by atoms with Crippen molar-refractivity contribution >= 4 is 11.3 Å². The van der Waals surface area contributed by atoms with Gasteiger partial charge in [-0.2, -0.15) is 15.5 Å². The molecule has 6 rings (SSSR count). The molecule has 0 saturated heterocycles. The number of ether oxygens (including phenoxy) is 1. The van der Waals surface area contributed by atoms with Crippen LogP contribution in [-0.4, -0.2) is 53.7 Å². The zero-order chi connectivity index (χ0) is 27.1. The Morgan fingerprint density at radius 1 is 1.13 bits per heavy atom. The van der Waals surface area contributed by atoms with E-state index >= 15 is 0 Å². The Labute approximate surface area is 223 Å². The summed E-state index contributed by atoms with van der Waals surface area (Å²) >= 11 is 0. The van der Waals surface area contributed by atoms with Crippen molar-refractivity contribution in [2.45, 2.75) is 31.4 Å². The maximum absolute atomic E-state index is 13.3. The number of hydrogen-bond acceptors (Lipinski definition) is 8. The van der Waals surface area contributed by atoms with E-state index in [1.807, 2.05) is 43.1 Å². The Morgan fingerprint density at radius 2 is 1.97 bits per heavy atom. The van der Waals surface area contributed by atoms with Gasteiger partial charge in [0, 0.05) is 30.6 Å². The molecule has 5 aromatic rings. The van der Waals surface area contributed by atoms with Crippen molar-refractivity contribution in [2.24, 2.45) is 0 Å². The third kappa shape index (κ3) is 4.78. The van der Waals surface area contributed by atoms with Gasteiger partial charge < -0.3 is 14.7 Å². The molecular formula is C28H25FN8O2. The maximum atomic E-state index is 13.3. The highest BCUT2D eigenvalue weighted by atomic mass is 19.1. The van der Waals surface area contributed by atoms with Crippen molar-refractivity contribution in [3.63, 3.8) is 0 Å². The summed E-state index contributed by atoms with van der Waals surface area (Å²) in [6, 6.07) is 11.6. The van der Waals surface area contributed by atoms with Crippen LogP contribution < -0.4 is 9.64 Å². The summed E-state index contributed by atoms with van der Waals surface area (Å²) in [5.41, 5.74) is 2.87. The third-order valence-corrected chi connectivity index (χ3v) is 7.08. The van der Waals surface area contributed by atoms with E-state index < -0.39 is 11.4 Å². The molecule has 1 saturated carbocycles. The molecule has 1 N–H and O–H groups in total. The van der Waals surface area contributed by atoms with Crippen LogP contribution in [0.25, 0.3) is 22.5 Å². The van der Waals surface area contributed by atoms with Gasteiger partial charge in [-0.25, -0.2) is 23.6 Å².